The van der Waals surface area contributed by atoms with Gasteiger partial charge in [-0.15, -0.1) is 0 Å². The summed E-state index contributed by atoms with van der Waals surface area (Å²) in [6.45, 7) is 6.22. The second kappa shape index (κ2) is 6.86. The number of hydrogen-bond donors (Lipinski definition) is 1. The van der Waals surface area contributed by atoms with Crippen LogP contribution in [-0.2, 0) is 4.74 Å². The standard InChI is InChI=1S/C20H27NO3/c1-15-7-6-8-16(11-15)9-10-20(23)13-17(12-19(2,3)14-20)21(4)18(22)24-5/h6-8,11,17,23H,12-14H2,1-5H3. The molecule has 130 valence electrons. The van der Waals surface area contributed by atoms with E-state index >= 15 is 0 Å². The molecular formula is C20H27NO3. The summed E-state index contributed by atoms with van der Waals surface area (Å²) < 4.78 is 4.81. The van der Waals surface area contributed by atoms with Gasteiger partial charge in [0.05, 0.1) is 7.11 Å². The van der Waals surface area contributed by atoms with Crippen LogP contribution in [0.3, 0.4) is 0 Å². The number of methoxy groups -OCH3 is 1. The van der Waals surface area contributed by atoms with Gasteiger partial charge >= 0.3 is 6.09 Å². The molecule has 0 heterocycles. The van der Waals surface area contributed by atoms with E-state index in [2.05, 4.69) is 25.7 Å². The summed E-state index contributed by atoms with van der Waals surface area (Å²) in [6.07, 6.45) is 1.45. The molecule has 1 aromatic rings. The molecule has 0 aliphatic heterocycles. The summed E-state index contributed by atoms with van der Waals surface area (Å²) in [6, 6.07) is 7.82. The normalized spacial score (nSPS) is 25.3. The van der Waals surface area contributed by atoms with Crippen LogP contribution >= 0.6 is 0 Å². The van der Waals surface area contributed by atoms with Gasteiger partial charge in [-0.1, -0.05) is 37.8 Å². The van der Waals surface area contributed by atoms with E-state index in [1.807, 2.05) is 31.2 Å². The Morgan fingerprint density at radius 1 is 1.38 bits per heavy atom. The third-order valence-electron chi connectivity index (χ3n) is 4.60. The van der Waals surface area contributed by atoms with Crippen molar-refractivity contribution >= 4 is 6.09 Å². The molecule has 4 heteroatoms. The molecule has 24 heavy (non-hydrogen) atoms. The maximum atomic E-state index is 11.8. The minimum atomic E-state index is -1.11. The second-order valence-corrected chi connectivity index (χ2v) is 7.64. The quantitative estimate of drug-likeness (QED) is 0.804. The fourth-order valence-electron chi connectivity index (χ4n) is 3.61. The maximum Gasteiger partial charge on any atom is 0.409 e. The highest BCUT2D eigenvalue weighted by Gasteiger charge is 2.44. The van der Waals surface area contributed by atoms with Crippen molar-refractivity contribution in [2.75, 3.05) is 14.2 Å². The average molecular weight is 329 g/mol. The Hall–Kier alpha value is -1.99. The number of aryl methyl sites for hydroxylation is 1. The zero-order valence-electron chi connectivity index (χ0n) is 15.2. The van der Waals surface area contributed by atoms with Crippen LogP contribution in [0.4, 0.5) is 4.79 Å². The summed E-state index contributed by atoms with van der Waals surface area (Å²) >= 11 is 0. The lowest BCUT2D eigenvalue weighted by molar-refractivity contribution is -0.0283. The van der Waals surface area contributed by atoms with Crippen molar-refractivity contribution in [2.45, 2.75) is 51.7 Å². The number of amides is 1. The third kappa shape index (κ3) is 4.52. The van der Waals surface area contributed by atoms with Crippen molar-refractivity contribution in [1.82, 2.24) is 4.90 Å². The van der Waals surface area contributed by atoms with E-state index in [9.17, 15) is 9.90 Å². The summed E-state index contributed by atoms with van der Waals surface area (Å²) in [5.41, 5.74) is 0.811. The van der Waals surface area contributed by atoms with Gasteiger partial charge in [-0.3, -0.25) is 0 Å². The van der Waals surface area contributed by atoms with Crippen molar-refractivity contribution in [3.05, 3.63) is 35.4 Å². The molecule has 0 radical (unpaired) electrons. The largest absolute Gasteiger partial charge is 0.453 e. The zero-order chi connectivity index (χ0) is 18.0. The molecule has 1 N–H and O–H groups in total. The molecule has 0 bridgehead atoms. The van der Waals surface area contributed by atoms with E-state index in [-0.39, 0.29) is 17.6 Å². The van der Waals surface area contributed by atoms with Gasteiger partial charge < -0.3 is 14.7 Å². The molecule has 1 aliphatic carbocycles. The van der Waals surface area contributed by atoms with Crippen LogP contribution in [0, 0.1) is 24.2 Å². The van der Waals surface area contributed by atoms with Crippen LogP contribution in [0.5, 0.6) is 0 Å². The number of nitrogens with zero attached hydrogens (tertiary/aromatic N) is 1. The van der Waals surface area contributed by atoms with E-state index in [4.69, 9.17) is 4.74 Å². The van der Waals surface area contributed by atoms with Crippen LogP contribution in [0.25, 0.3) is 0 Å². The van der Waals surface area contributed by atoms with E-state index in [1.165, 1.54) is 7.11 Å². The SMILES string of the molecule is COC(=O)N(C)C1CC(C)(C)CC(O)(C#Cc2cccc(C)c2)C1. The highest BCUT2D eigenvalue weighted by atomic mass is 16.5. The van der Waals surface area contributed by atoms with Crippen LogP contribution in [0.2, 0.25) is 0 Å². The van der Waals surface area contributed by atoms with Gasteiger partial charge in [0.1, 0.15) is 5.60 Å². The number of carbonyl (C=O) groups is 1. The van der Waals surface area contributed by atoms with Crippen LogP contribution < -0.4 is 0 Å². The number of carbonyl (C=O) groups excluding carboxylic acids is 1. The van der Waals surface area contributed by atoms with Gasteiger partial charge in [-0.05, 0) is 42.9 Å². The lowest BCUT2D eigenvalue weighted by Gasteiger charge is -2.45. The van der Waals surface area contributed by atoms with Gasteiger partial charge in [0, 0.05) is 25.1 Å². The van der Waals surface area contributed by atoms with E-state index in [0.717, 1.165) is 17.5 Å². The summed E-state index contributed by atoms with van der Waals surface area (Å²) in [4.78, 5) is 13.4. The maximum absolute atomic E-state index is 11.8. The summed E-state index contributed by atoms with van der Waals surface area (Å²) in [7, 11) is 3.09. The predicted molar refractivity (Wildman–Crippen MR) is 94.6 cm³/mol. The van der Waals surface area contributed by atoms with Gasteiger partial charge in [0.25, 0.3) is 0 Å². The lowest BCUT2D eigenvalue weighted by Crippen LogP contribution is -2.51. The predicted octanol–water partition coefficient (Wildman–Crippen LogP) is 3.35. The molecular weight excluding hydrogens is 302 g/mol. The van der Waals surface area contributed by atoms with Gasteiger partial charge in [-0.2, -0.15) is 0 Å². The van der Waals surface area contributed by atoms with Crippen LogP contribution in [0.15, 0.2) is 24.3 Å². The second-order valence-electron chi connectivity index (χ2n) is 7.64. The Labute approximate surface area is 144 Å². The highest BCUT2D eigenvalue weighted by molar-refractivity contribution is 5.67. The first-order chi connectivity index (χ1) is 11.1. The molecule has 1 fully saturated rings. The Morgan fingerprint density at radius 3 is 2.71 bits per heavy atom. The first-order valence-electron chi connectivity index (χ1n) is 8.27. The molecule has 0 aromatic heterocycles. The Bertz CT molecular complexity index is 671. The van der Waals surface area contributed by atoms with Gasteiger partial charge in [0.2, 0.25) is 0 Å². The van der Waals surface area contributed by atoms with Crippen molar-refractivity contribution in [3.8, 4) is 11.8 Å². The molecule has 0 saturated heterocycles. The number of hydrogen-bond acceptors (Lipinski definition) is 3. The summed E-state index contributed by atoms with van der Waals surface area (Å²) in [5.74, 6) is 6.17. The van der Waals surface area contributed by atoms with E-state index in [1.54, 1.807) is 11.9 Å². The van der Waals surface area contributed by atoms with E-state index in [0.29, 0.717) is 12.8 Å². The van der Waals surface area contributed by atoms with Crippen LogP contribution in [0.1, 0.15) is 44.2 Å². The lowest BCUT2D eigenvalue weighted by atomic mass is 9.67. The number of benzene rings is 1. The topological polar surface area (TPSA) is 49.8 Å². The fraction of sp³-hybridized carbons (Fsp3) is 0.550. The van der Waals surface area contributed by atoms with Gasteiger partial charge in [-0.25, -0.2) is 4.79 Å². The third-order valence-corrected chi connectivity index (χ3v) is 4.60. The van der Waals surface area contributed by atoms with Crippen LogP contribution in [-0.4, -0.2) is 41.9 Å². The van der Waals surface area contributed by atoms with E-state index < -0.39 is 5.60 Å². The molecule has 1 saturated carbocycles. The number of aliphatic hydroxyl groups is 1. The van der Waals surface area contributed by atoms with Gasteiger partial charge in [0.15, 0.2) is 0 Å². The molecule has 0 spiro atoms. The number of rotatable bonds is 1. The molecule has 1 aromatic carbocycles. The molecule has 2 atom stereocenters. The fourth-order valence-corrected chi connectivity index (χ4v) is 3.61. The highest BCUT2D eigenvalue weighted by Crippen LogP contribution is 2.42. The number of ether oxygens (including phenoxy) is 1. The average Bonchev–Trinajstić information content (AvgIpc) is 2.50. The Kier molecular flexibility index (Phi) is 5.25. The smallest absolute Gasteiger partial charge is 0.409 e. The zero-order valence-corrected chi connectivity index (χ0v) is 15.2. The Morgan fingerprint density at radius 2 is 2.08 bits per heavy atom. The minimum Gasteiger partial charge on any atom is -0.453 e. The first-order valence-corrected chi connectivity index (χ1v) is 8.27. The molecule has 4 nitrogen and oxygen atoms in total. The molecule has 2 unspecified atom stereocenters. The van der Waals surface area contributed by atoms with Crippen molar-refractivity contribution in [2.24, 2.45) is 5.41 Å². The molecule has 1 amide bonds. The molecule has 2 rings (SSSR count). The molecule has 1 aliphatic rings. The first kappa shape index (κ1) is 18.4. The Balaban J connectivity index is 2.26. The van der Waals surface area contributed by atoms with Crippen molar-refractivity contribution < 1.29 is 14.6 Å². The van der Waals surface area contributed by atoms with Crippen molar-refractivity contribution in [1.29, 1.82) is 0 Å². The van der Waals surface area contributed by atoms with Crippen molar-refractivity contribution in [3.63, 3.8) is 0 Å². The minimum absolute atomic E-state index is 0.0991. The summed E-state index contributed by atoms with van der Waals surface area (Å²) in [5, 5.41) is 11.1. The monoisotopic (exact) mass is 329 g/mol.